The van der Waals surface area contributed by atoms with Crippen molar-refractivity contribution >= 4 is 53.6 Å². The van der Waals surface area contributed by atoms with E-state index in [4.69, 9.17) is 23.2 Å². The third-order valence-corrected chi connectivity index (χ3v) is 5.21. The van der Waals surface area contributed by atoms with Gasteiger partial charge in [-0.2, -0.15) is 0 Å². The molecular weight excluding hydrogens is 371 g/mol. The van der Waals surface area contributed by atoms with Gasteiger partial charge in [0.05, 0.1) is 0 Å². The molecule has 0 bridgehead atoms. The van der Waals surface area contributed by atoms with Crippen LogP contribution in [0.25, 0.3) is 0 Å². The number of hydrogen-bond donors (Lipinski definition) is 1. The van der Waals surface area contributed by atoms with E-state index in [0.717, 1.165) is 29.3 Å². The van der Waals surface area contributed by atoms with Gasteiger partial charge in [0.1, 0.15) is 6.17 Å². The lowest BCUT2D eigenvalue weighted by Crippen LogP contribution is -2.25. The van der Waals surface area contributed by atoms with Crippen molar-refractivity contribution in [3.05, 3.63) is 63.6 Å². The predicted octanol–water partition coefficient (Wildman–Crippen LogP) is 5.77. The molecule has 0 saturated carbocycles. The molecule has 1 aliphatic rings. The van der Waals surface area contributed by atoms with E-state index in [-0.39, 0.29) is 18.6 Å². The minimum Gasteiger partial charge on any atom is -0.292 e. The fraction of sp³-hybridized carbons (Fsp3) is 0.235. The van der Waals surface area contributed by atoms with Crippen LogP contribution in [0.1, 0.15) is 23.7 Å². The van der Waals surface area contributed by atoms with E-state index in [1.807, 2.05) is 24.4 Å². The highest BCUT2D eigenvalue weighted by molar-refractivity contribution is 7.98. The molecule has 1 unspecified atom stereocenters. The molecular formula is C17H17Cl3N2S. The number of rotatable bonds is 4. The average Bonchev–Trinajstić information content (AvgIpc) is 2.57. The molecule has 1 heterocycles. The van der Waals surface area contributed by atoms with Gasteiger partial charge in [-0.15, -0.1) is 24.2 Å². The third kappa shape index (κ3) is 4.88. The van der Waals surface area contributed by atoms with Crippen molar-refractivity contribution in [3.63, 3.8) is 0 Å². The highest BCUT2D eigenvalue weighted by Crippen LogP contribution is 2.33. The number of nitrogens with one attached hydrogen (secondary N) is 1. The van der Waals surface area contributed by atoms with Crippen molar-refractivity contribution in [2.24, 2.45) is 4.99 Å². The summed E-state index contributed by atoms with van der Waals surface area (Å²) in [6.45, 7) is 0.966. The van der Waals surface area contributed by atoms with Crippen LogP contribution in [-0.2, 0) is 5.75 Å². The first kappa shape index (κ1) is 18.6. The third-order valence-electron chi connectivity index (χ3n) is 3.47. The summed E-state index contributed by atoms with van der Waals surface area (Å²) in [4.78, 5) is 5.77. The van der Waals surface area contributed by atoms with Crippen LogP contribution in [-0.4, -0.2) is 12.8 Å². The van der Waals surface area contributed by atoms with Crippen LogP contribution >= 0.6 is 47.4 Å². The molecule has 0 amide bonds. The van der Waals surface area contributed by atoms with Crippen molar-refractivity contribution in [2.75, 3.05) is 6.54 Å². The molecule has 0 aliphatic carbocycles. The fourth-order valence-electron chi connectivity index (χ4n) is 2.35. The first-order valence-electron chi connectivity index (χ1n) is 7.15. The molecule has 3 rings (SSSR count). The Bertz CT molecular complexity index is 691. The van der Waals surface area contributed by atoms with E-state index in [1.54, 1.807) is 11.8 Å². The average molecular weight is 388 g/mol. The number of halogens is 3. The number of nitrogens with zero attached hydrogens (tertiary/aromatic N) is 1. The lowest BCUT2D eigenvalue weighted by atomic mass is 10.1. The first-order valence-corrected chi connectivity index (χ1v) is 8.89. The highest BCUT2D eigenvalue weighted by atomic mass is 35.5. The van der Waals surface area contributed by atoms with Gasteiger partial charge in [-0.1, -0.05) is 41.4 Å². The lowest BCUT2D eigenvalue weighted by Gasteiger charge is -2.20. The zero-order chi connectivity index (χ0) is 15.4. The van der Waals surface area contributed by atoms with E-state index in [0.29, 0.717) is 5.02 Å². The van der Waals surface area contributed by atoms with Gasteiger partial charge < -0.3 is 0 Å². The second-order valence-electron chi connectivity index (χ2n) is 5.04. The van der Waals surface area contributed by atoms with Crippen LogP contribution in [0.3, 0.4) is 0 Å². The van der Waals surface area contributed by atoms with Crippen molar-refractivity contribution in [1.29, 1.82) is 0 Å². The number of benzene rings is 2. The minimum absolute atomic E-state index is 0. The van der Waals surface area contributed by atoms with Gasteiger partial charge in [-0.3, -0.25) is 10.3 Å². The van der Waals surface area contributed by atoms with Gasteiger partial charge in [0.15, 0.2) is 0 Å². The summed E-state index contributed by atoms with van der Waals surface area (Å²) >= 11 is 14.1. The van der Waals surface area contributed by atoms with Crippen LogP contribution in [0, 0.1) is 0 Å². The molecule has 0 aromatic heterocycles. The molecule has 1 N–H and O–H groups in total. The van der Waals surface area contributed by atoms with E-state index in [2.05, 4.69) is 34.6 Å². The summed E-state index contributed by atoms with van der Waals surface area (Å²) < 4.78 is 0. The summed E-state index contributed by atoms with van der Waals surface area (Å²) in [6.07, 6.45) is 3.03. The maximum absolute atomic E-state index is 6.24. The predicted molar refractivity (Wildman–Crippen MR) is 104 cm³/mol. The van der Waals surface area contributed by atoms with Gasteiger partial charge in [0.25, 0.3) is 0 Å². The normalized spacial score (nSPS) is 16.9. The van der Waals surface area contributed by atoms with Crippen LogP contribution < -0.4 is 5.32 Å². The van der Waals surface area contributed by atoms with Crippen molar-refractivity contribution < 1.29 is 0 Å². The smallest absolute Gasteiger partial charge is 0.126 e. The Morgan fingerprint density at radius 1 is 1.17 bits per heavy atom. The van der Waals surface area contributed by atoms with E-state index < -0.39 is 0 Å². The maximum Gasteiger partial charge on any atom is 0.126 e. The number of thioether (sulfide) groups is 1. The molecule has 6 heteroatoms. The number of aliphatic imine (C=N–C) groups is 1. The topological polar surface area (TPSA) is 24.4 Å². The second-order valence-corrected chi connectivity index (χ2v) is 6.90. The van der Waals surface area contributed by atoms with Gasteiger partial charge in [-0.05, 0) is 36.2 Å². The Hall–Kier alpha value is -0.710. The summed E-state index contributed by atoms with van der Waals surface area (Å²) in [6, 6.07) is 13.9. The fourth-order valence-corrected chi connectivity index (χ4v) is 3.88. The summed E-state index contributed by atoms with van der Waals surface area (Å²) in [7, 11) is 0. The Kier molecular flexibility index (Phi) is 7.25. The quantitative estimate of drug-likeness (QED) is 0.673. The molecule has 0 radical (unpaired) electrons. The van der Waals surface area contributed by atoms with Gasteiger partial charge >= 0.3 is 0 Å². The minimum atomic E-state index is 0. The van der Waals surface area contributed by atoms with Crippen molar-refractivity contribution in [3.8, 4) is 0 Å². The van der Waals surface area contributed by atoms with E-state index in [1.165, 1.54) is 10.5 Å². The van der Waals surface area contributed by atoms with Gasteiger partial charge in [0, 0.05) is 39.0 Å². The zero-order valence-corrected chi connectivity index (χ0v) is 15.5. The number of hydrogen-bond acceptors (Lipinski definition) is 3. The first-order chi connectivity index (χ1) is 10.7. The lowest BCUT2D eigenvalue weighted by molar-refractivity contribution is 0.540. The van der Waals surface area contributed by atoms with Crippen molar-refractivity contribution in [2.45, 2.75) is 23.2 Å². The largest absolute Gasteiger partial charge is 0.292 e. The molecule has 0 saturated heterocycles. The molecule has 0 spiro atoms. The molecule has 2 nitrogen and oxygen atoms in total. The molecule has 1 aliphatic heterocycles. The van der Waals surface area contributed by atoms with Gasteiger partial charge in [-0.25, -0.2) is 0 Å². The maximum atomic E-state index is 6.24. The summed E-state index contributed by atoms with van der Waals surface area (Å²) in [5, 5.41) is 4.90. The Morgan fingerprint density at radius 2 is 2.00 bits per heavy atom. The SMILES string of the molecule is Cl.Clc1ccc(Cl)c(CSc2ccccc2C2N=CCCN2)c1. The molecule has 1 atom stereocenters. The molecule has 2 aromatic carbocycles. The van der Waals surface area contributed by atoms with Crippen LogP contribution in [0.2, 0.25) is 10.0 Å². The molecule has 23 heavy (non-hydrogen) atoms. The standard InChI is InChI=1S/C17H16Cl2N2S.ClH/c18-13-6-7-15(19)12(10-13)11-22-16-5-2-1-4-14(16)17-20-8-3-9-21-17;/h1-2,4-8,10,17,21H,3,9,11H2;1H. The Labute approximate surface area is 157 Å². The molecule has 2 aromatic rings. The van der Waals surface area contributed by atoms with E-state index >= 15 is 0 Å². The second kappa shape index (κ2) is 8.95. The monoisotopic (exact) mass is 386 g/mol. The van der Waals surface area contributed by atoms with Crippen LogP contribution in [0.15, 0.2) is 52.4 Å². The molecule has 122 valence electrons. The Morgan fingerprint density at radius 3 is 2.78 bits per heavy atom. The molecule has 0 fully saturated rings. The van der Waals surface area contributed by atoms with E-state index in [9.17, 15) is 0 Å². The van der Waals surface area contributed by atoms with Crippen LogP contribution in [0.4, 0.5) is 0 Å². The zero-order valence-electron chi connectivity index (χ0n) is 12.3. The Balaban J connectivity index is 0.00000192. The summed E-state index contributed by atoms with van der Waals surface area (Å²) in [5.74, 6) is 0.785. The van der Waals surface area contributed by atoms with Crippen LogP contribution in [0.5, 0.6) is 0 Å². The summed E-state index contributed by atoms with van der Waals surface area (Å²) in [5.41, 5.74) is 2.26. The van der Waals surface area contributed by atoms with Gasteiger partial charge in [0.2, 0.25) is 0 Å². The highest BCUT2D eigenvalue weighted by Gasteiger charge is 2.15. The van der Waals surface area contributed by atoms with Crippen molar-refractivity contribution in [1.82, 2.24) is 5.32 Å².